The fourth-order valence-electron chi connectivity index (χ4n) is 9.12. The number of ether oxygens (including phenoxy) is 4. The molecule has 3 heterocycles. The Kier molecular flexibility index (Phi) is 27.6. The lowest BCUT2D eigenvalue weighted by molar-refractivity contribution is -0.144. The molecular weight excluding hydrogens is 1020 g/mol. The molecule has 1 fully saturated rings. The van der Waals surface area contributed by atoms with Gasteiger partial charge in [0.2, 0.25) is 7.37 Å². The number of hydrogen-bond donors (Lipinski definition) is 2. The monoisotopic (exact) mass is 1110 g/mol. The Morgan fingerprint density at radius 3 is 1.81 bits per heavy atom. The van der Waals surface area contributed by atoms with Gasteiger partial charge in [0.05, 0.1) is 75.2 Å². The Hall–Kier alpha value is -5.41. The number of esters is 2. The number of benzene rings is 2. The van der Waals surface area contributed by atoms with Crippen molar-refractivity contribution in [3.63, 3.8) is 0 Å². The van der Waals surface area contributed by atoms with Gasteiger partial charge in [-0.15, -0.1) is 0 Å². The number of pyridine rings is 1. The van der Waals surface area contributed by atoms with Crippen molar-refractivity contribution in [2.45, 2.75) is 93.7 Å². The maximum atomic E-state index is 14.0. The van der Waals surface area contributed by atoms with Crippen LogP contribution < -0.4 is 35.3 Å². The molecule has 1 saturated heterocycles. The van der Waals surface area contributed by atoms with E-state index in [1.165, 1.54) is 0 Å². The number of anilines is 2. The molecule has 0 spiro atoms. The minimum Gasteiger partial charge on any atom is -0.491 e. The number of carbonyl (C=O) groups is 2. The minimum absolute atomic E-state index is 0.176. The van der Waals surface area contributed by atoms with E-state index in [0.29, 0.717) is 83.9 Å². The Morgan fingerprint density at radius 2 is 1.26 bits per heavy atom. The Morgan fingerprint density at radius 1 is 0.705 bits per heavy atom. The van der Waals surface area contributed by atoms with Crippen molar-refractivity contribution in [1.29, 1.82) is 0 Å². The Balaban J connectivity index is 1.34. The van der Waals surface area contributed by atoms with Crippen LogP contribution in [0.3, 0.4) is 0 Å². The molecule has 5 rings (SSSR count). The van der Waals surface area contributed by atoms with Gasteiger partial charge in [0.15, 0.2) is 0 Å². The fourth-order valence-corrected chi connectivity index (χ4v) is 11.6. The second-order valence-corrected chi connectivity index (χ2v) is 23.0. The maximum absolute atomic E-state index is 14.0. The van der Waals surface area contributed by atoms with E-state index in [0.717, 1.165) is 122 Å². The summed E-state index contributed by atoms with van der Waals surface area (Å²) in [6.45, 7) is 31.6. The second-order valence-electron chi connectivity index (χ2n) is 18.8. The van der Waals surface area contributed by atoms with E-state index >= 15 is 0 Å². The van der Waals surface area contributed by atoms with Crippen LogP contribution in [0.15, 0.2) is 71.7 Å². The first-order chi connectivity index (χ1) is 37.8. The van der Waals surface area contributed by atoms with Gasteiger partial charge < -0.3 is 48.4 Å². The minimum atomic E-state index is -3.18. The summed E-state index contributed by atoms with van der Waals surface area (Å²) in [7, 11) is -4.14. The number of dihydropyridines is 1. The van der Waals surface area contributed by atoms with Gasteiger partial charge in [-0.3, -0.25) is 24.0 Å². The SMILES string of the molecule is CCOC(=O)CCCOc1ccc(C#CC2=CC(CN3CCNCCN(Cc4cc(C#Cc5ccc(OCCCC(=O)OCC)c(N(CC)CC)c5)cc(P(C)OCC)n4)CC3)NC(P(C)(=O)OCC)=C2)cc1N(CC)CC. The molecule has 0 bridgehead atoms. The van der Waals surface area contributed by atoms with Gasteiger partial charge in [0.1, 0.15) is 11.5 Å². The van der Waals surface area contributed by atoms with Gasteiger partial charge in [-0.1, -0.05) is 23.7 Å². The van der Waals surface area contributed by atoms with Crippen molar-refractivity contribution in [2.24, 2.45) is 0 Å². The van der Waals surface area contributed by atoms with Gasteiger partial charge in [0.25, 0.3) is 0 Å². The van der Waals surface area contributed by atoms with E-state index in [9.17, 15) is 14.2 Å². The normalized spacial score (nSPS) is 16.2. The average molecular weight is 1110 g/mol. The highest BCUT2D eigenvalue weighted by Crippen LogP contribution is 2.51. The molecule has 0 radical (unpaired) electrons. The number of rotatable bonds is 28. The van der Waals surface area contributed by atoms with Crippen LogP contribution in [-0.4, -0.2) is 158 Å². The number of nitrogens with one attached hydrogen (secondary N) is 2. The van der Waals surface area contributed by atoms with E-state index in [1.807, 2.05) is 51.1 Å². The first kappa shape index (κ1) is 63.4. The molecule has 2 aromatic carbocycles. The van der Waals surface area contributed by atoms with Crippen LogP contribution in [0.2, 0.25) is 0 Å². The van der Waals surface area contributed by atoms with Gasteiger partial charge in [-0.25, -0.2) is 4.98 Å². The summed E-state index contributed by atoms with van der Waals surface area (Å²) in [5.74, 6) is 14.8. The molecule has 2 N–H and O–H groups in total. The molecule has 0 amide bonds. The largest absolute Gasteiger partial charge is 0.491 e. The lowest BCUT2D eigenvalue weighted by atomic mass is 10.1. The average Bonchev–Trinajstić information content (AvgIpc) is 3.55. The highest BCUT2D eigenvalue weighted by Gasteiger charge is 2.28. The topological polar surface area (TPSA) is 156 Å². The molecule has 3 aromatic rings. The third-order valence-corrected chi connectivity index (χ3v) is 16.5. The number of hydrogen-bond acceptors (Lipinski definition) is 16. The number of carbonyl (C=O) groups excluding carboxylic acids is 2. The molecule has 2 aliphatic heterocycles. The van der Waals surface area contributed by atoms with Crippen molar-refractivity contribution in [3.05, 3.63) is 94.1 Å². The highest BCUT2D eigenvalue weighted by molar-refractivity contribution is 7.62. The predicted molar refractivity (Wildman–Crippen MR) is 317 cm³/mol. The lowest BCUT2D eigenvalue weighted by Crippen LogP contribution is -2.44. The van der Waals surface area contributed by atoms with E-state index in [-0.39, 0.29) is 18.0 Å². The molecule has 1 aromatic heterocycles. The fraction of sp³-hybridized carbons (Fsp3) is 0.550. The highest BCUT2D eigenvalue weighted by atomic mass is 31.2. The van der Waals surface area contributed by atoms with E-state index in [1.54, 1.807) is 13.6 Å². The summed E-state index contributed by atoms with van der Waals surface area (Å²) in [4.78, 5) is 38.4. The Bertz CT molecular complexity index is 2640. The first-order valence-electron chi connectivity index (χ1n) is 28.1. The van der Waals surface area contributed by atoms with E-state index < -0.39 is 15.5 Å². The maximum Gasteiger partial charge on any atom is 0.305 e. The standard InChI is InChI=1S/C60H87N7O9P2/c1-11-66(12-2)53-41-47(27-29-55(53)73-37-19-21-59(68)71-15-5)23-25-49-39-51(62-57(43-49)77(9)75-17-7)45-64-33-31-61-32-34-65(36-35-64)46-52-40-50(44-58(63-52)78(10,70)76-18-8)26-24-48-28-30-56(54(42-48)67(13-3)14-4)74-38-20-22-60(69)72-16-6/h27-30,39-44,52,61,63H,11-22,31-38,45-46H2,1-10H3. The summed E-state index contributed by atoms with van der Waals surface area (Å²) in [5.41, 5.74) is 7.66. The van der Waals surface area contributed by atoms with Crippen LogP contribution in [0.25, 0.3) is 0 Å². The lowest BCUT2D eigenvalue weighted by Gasteiger charge is -2.32. The van der Waals surface area contributed by atoms with Gasteiger partial charge >= 0.3 is 11.9 Å². The predicted octanol–water partition coefficient (Wildman–Crippen LogP) is 8.75. The van der Waals surface area contributed by atoms with Gasteiger partial charge in [-0.2, -0.15) is 0 Å². The van der Waals surface area contributed by atoms with Crippen molar-refractivity contribution >= 4 is 44.3 Å². The quantitative estimate of drug-likeness (QED) is 0.0308. The third kappa shape index (κ3) is 20.7. The third-order valence-electron chi connectivity index (χ3n) is 13.1. The van der Waals surface area contributed by atoms with Crippen LogP contribution in [0.5, 0.6) is 11.5 Å². The molecular formula is C60H87N7O9P2. The molecule has 16 nitrogen and oxygen atoms in total. The molecule has 78 heavy (non-hydrogen) atoms. The molecule has 2 aliphatic rings. The summed E-state index contributed by atoms with van der Waals surface area (Å²) in [6, 6.07) is 16.0. The van der Waals surface area contributed by atoms with Gasteiger partial charge in [0, 0.05) is 127 Å². The van der Waals surface area contributed by atoms with Gasteiger partial charge in [-0.05, 0) is 136 Å². The van der Waals surface area contributed by atoms with Crippen molar-refractivity contribution in [1.82, 2.24) is 25.4 Å². The molecule has 18 heteroatoms. The van der Waals surface area contributed by atoms with Crippen molar-refractivity contribution < 1.29 is 42.1 Å². The zero-order valence-corrected chi connectivity index (χ0v) is 50.0. The number of aromatic nitrogens is 1. The van der Waals surface area contributed by atoms with E-state index in [2.05, 4.69) is 119 Å². The van der Waals surface area contributed by atoms with Crippen LogP contribution in [0, 0.1) is 23.7 Å². The molecule has 0 aliphatic carbocycles. The second kappa shape index (κ2) is 33.9. The van der Waals surface area contributed by atoms with Crippen LogP contribution in [0.1, 0.15) is 103 Å². The van der Waals surface area contributed by atoms with Crippen molar-refractivity contribution in [3.8, 4) is 35.2 Å². The first-order valence-corrected chi connectivity index (χ1v) is 31.9. The molecule has 0 saturated carbocycles. The summed E-state index contributed by atoms with van der Waals surface area (Å²) in [5, 5.41) is 7.24. The number of allylic oxidation sites excluding steroid dienone is 2. The molecule has 3 atom stereocenters. The molecule has 426 valence electrons. The zero-order valence-electron chi connectivity index (χ0n) is 48.2. The van der Waals surface area contributed by atoms with Crippen LogP contribution in [0.4, 0.5) is 11.4 Å². The molecule has 3 unspecified atom stereocenters. The smallest absolute Gasteiger partial charge is 0.305 e. The van der Waals surface area contributed by atoms with E-state index in [4.69, 9.17) is 33.0 Å². The summed E-state index contributed by atoms with van der Waals surface area (Å²) < 4.78 is 48.6. The van der Waals surface area contributed by atoms with Crippen molar-refractivity contribution in [2.75, 3.05) is 135 Å². The summed E-state index contributed by atoms with van der Waals surface area (Å²) >= 11 is 0. The van der Waals surface area contributed by atoms with Crippen LogP contribution in [-0.2, 0) is 39.2 Å². The van der Waals surface area contributed by atoms with Crippen LogP contribution >= 0.6 is 15.5 Å². The zero-order chi connectivity index (χ0) is 56.3. The number of nitrogens with zero attached hydrogens (tertiary/aromatic N) is 5. The summed E-state index contributed by atoms with van der Waals surface area (Å²) in [6.07, 6.45) is 5.75. The Labute approximate surface area is 467 Å².